The summed E-state index contributed by atoms with van der Waals surface area (Å²) in [7, 11) is 0. The maximum absolute atomic E-state index is 10.7. The van der Waals surface area contributed by atoms with Crippen molar-refractivity contribution >= 4 is 5.97 Å². The molecular weight excluding hydrogens is 166 g/mol. The van der Waals surface area contributed by atoms with Crippen LogP contribution in [0.2, 0.25) is 0 Å². The van der Waals surface area contributed by atoms with Crippen LogP contribution in [0.15, 0.2) is 0 Å². The second-order valence-corrected chi connectivity index (χ2v) is 3.88. The second-order valence-electron chi connectivity index (χ2n) is 3.88. The minimum Gasteiger partial charge on any atom is -0.480 e. The Balaban J connectivity index is 2.29. The molecule has 1 aliphatic heterocycles. The molecule has 1 rings (SSSR count). The Kier molecular flexibility index (Phi) is 4.22. The number of hydrogen-bond donors (Lipinski definition) is 2. The van der Waals surface area contributed by atoms with E-state index >= 15 is 0 Å². The second kappa shape index (κ2) is 5.22. The van der Waals surface area contributed by atoms with E-state index in [0.29, 0.717) is 5.92 Å². The van der Waals surface area contributed by atoms with Crippen LogP contribution in [-0.2, 0) is 4.79 Å². The average Bonchev–Trinajstić information content (AvgIpc) is 2.15. The first-order chi connectivity index (χ1) is 6.24. The molecule has 0 aromatic carbocycles. The van der Waals surface area contributed by atoms with Crippen LogP contribution < -0.4 is 5.32 Å². The van der Waals surface area contributed by atoms with Crippen LogP contribution in [-0.4, -0.2) is 23.7 Å². The van der Waals surface area contributed by atoms with E-state index in [1.807, 2.05) is 0 Å². The first-order valence-electron chi connectivity index (χ1n) is 5.20. The number of rotatable bonds is 4. The number of unbranched alkanes of at least 4 members (excludes halogenated alkanes) is 1. The third kappa shape index (κ3) is 3.35. The molecule has 0 spiro atoms. The van der Waals surface area contributed by atoms with Gasteiger partial charge in [-0.3, -0.25) is 4.79 Å². The van der Waals surface area contributed by atoms with Crippen LogP contribution in [0.5, 0.6) is 0 Å². The Morgan fingerprint density at radius 2 is 2.38 bits per heavy atom. The van der Waals surface area contributed by atoms with Crippen LogP contribution in [0, 0.1) is 5.92 Å². The van der Waals surface area contributed by atoms with Crippen LogP contribution >= 0.6 is 0 Å². The molecule has 0 radical (unpaired) electrons. The van der Waals surface area contributed by atoms with E-state index in [4.69, 9.17) is 5.11 Å². The quantitative estimate of drug-likeness (QED) is 0.700. The summed E-state index contributed by atoms with van der Waals surface area (Å²) in [5, 5.41) is 11.8. The van der Waals surface area contributed by atoms with E-state index in [1.54, 1.807) is 0 Å². The van der Waals surface area contributed by atoms with Crippen molar-refractivity contribution in [2.75, 3.05) is 6.54 Å². The summed E-state index contributed by atoms with van der Waals surface area (Å²) in [4.78, 5) is 10.7. The van der Waals surface area contributed by atoms with Gasteiger partial charge >= 0.3 is 5.97 Å². The number of carboxylic acid groups (broad SMARTS) is 1. The highest BCUT2D eigenvalue weighted by atomic mass is 16.4. The van der Waals surface area contributed by atoms with Gasteiger partial charge in [-0.25, -0.2) is 0 Å². The molecule has 1 fully saturated rings. The molecule has 2 unspecified atom stereocenters. The van der Waals surface area contributed by atoms with Crippen LogP contribution in [0.4, 0.5) is 0 Å². The Morgan fingerprint density at radius 3 is 3.00 bits per heavy atom. The molecule has 2 N–H and O–H groups in total. The van der Waals surface area contributed by atoms with Crippen LogP contribution in [0.3, 0.4) is 0 Å². The van der Waals surface area contributed by atoms with Gasteiger partial charge < -0.3 is 10.4 Å². The smallest absolute Gasteiger partial charge is 0.320 e. The predicted molar refractivity (Wildman–Crippen MR) is 51.7 cm³/mol. The maximum Gasteiger partial charge on any atom is 0.320 e. The number of piperidine rings is 1. The average molecular weight is 185 g/mol. The highest BCUT2D eigenvalue weighted by Gasteiger charge is 2.25. The minimum atomic E-state index is -0.693. The number of aliphatic carboxylic acids is 1. The molecule has 0 aliphatic carbocycles. The molecule has 1 saturated heterocycles. The molecule has 13 heavy (non-hydrogen) atoms. The van der Waals surface area contributed by atoms with Crippen molar-refractivity contribution in [3.63, 3.8) is 0 Å². The summed E-state index contributed by atoms with van der Waals surface area (Å²) in [6.45, 7) is 3.04. The highest BCUT2D eigenvalue weighted by Crippen LogP contribution is 2.21. The zero-order valence-corrected chi connectivity index (χ0v) is 8.25. The molecule has 76 valence electrons. The lowest BCUT2D eigenvalue weighted by Crippen LogP contribution is -2.43. The Hall–Kier alpha value is -0.570. The van der Waals surface area contributed by atoms with Crippen molar-refractivity contribution in [3.05, 3.63) is 0 Å². The fourth-order valence-electron chi connectivity index (χ4n) is 1.94. The third-order valence-electron chi connectivity index (χ3n) is 2.78. The summed E-state index contributed by atoms with van der Waals surface area (Å²) in [5.41, 5.74) is 0. The molecule has 0 saturated carbocycles. The summed E-state index contributed by atoms with van der Waals surface area (Å²) < 4.78 is 0. The molecular formula is C10H19NO2. The molecule has 2 atom stereocenters. The van der Waals surface area contributed by atoms with Gasteiger partial charge in [0.05, 0.1) is 0 Å². The van der Waals surface area contributed by atoms with Gasteiger partial charge in [0, 0.05) is 0 Å². The molecule has 0 bridgehead atoms. The van der Waals surface area contributed by atoms with Crippen molar-refractivity contribution in [1.29, 1.82) is 0 Å². The molecule has 0 amide bonds. The van der Waals surface area contributed by atoms with Crippen molar-refractivity contribution in [3.8, 4) is 0 Å². The molecule has 0 aromatic rings. The molecule has 1 aliphatic rings. The molecule has 1 heterocycles. The zero-order chi connectivity index (χ0) is 9.68. The maximum atomic E-state index is 10.7. The van der Waals surface area contributed by atoms with E-state index in [1.165, 1.54) is 19.3 Å². The van der Waals surface area contributed by atoms with Gasteiger partial charge in [-0.15, -0.1) is 0 Å². The lowest BCUT2D eigenvalue weighted by atomic mass is 9.88. The monoisotopic (exact) mass is 185 g/mol. The topological polar surface area (TPSA) is 49.3 Å². The van der Waals surface area contributed by atoms with E-state index in [0.717, 1.165) is 19.4 Å². The minimum absolute atomic E-state index is 0.296. The van der Waals surface area contributed by atoms with Gasteiger partial charge in [0.15, 0.2) is 0 Å². The van der Waals surface area contributed by atoms with Gasteiger partial charge in [0.1, 0.15) is 6.04 Å². The number of carboxylic acids is 1. The summed E-state index contributed by atoms with van der Waals surface area (Å²) in [5.74, 6) is -0.0662. The Morgan fingerprint density at radius 1 is 1.62 bits per heavy atom. The molecule has 3 heteroatoms. The first kappa shape index (κ1) is 10.5. The largest absolute Gasteiger partial charge is 0.480 e. The zero-order valence-electron chi connectivity index (χ0n) is 8.25. The van der Waals surface area contributed by atoms with E-state index in [2.05, 4.69) is 12.2 Å². The fraction of sp³-hybridized carbons (Fsp3) is 0.900. The normalized spacial score (nSPS) is 28.7. The first-order valence-corrected chi connectivity index (χ1v) is 5.20. The summed E-state index contributed by atoms with van der Waals surface area (Å²) >= 11 is 0. The van der Waals surface area contributed by atoms with Gasteiger partial charge in [0.25, 0.3) is 0 Å². The van der Waals surface area contributed by atoms with E-state index in [9.17, 15) is 4.79 Å². The lowest BCUT2D eigenvalue weighted by Gasteiger charge is -2.27. The molecule has 0 aromatic heterocycles. The number of nitrogens with one attached hydrogen (secondary N) is 1. The van der Waals surface area contributed by atoms with Gasteiger partial charge in [-0.2, -0.15) is 0 Å². The Bertz CT molecular complexity index is 170. The number of hydrogen-bond acceptors (Lipinski definition) is 2. The third-order valence-corrected chi connectivity index (χ3v) is 2.78. The SMILES string of the molecule is CCCCC1CCNC(C(=O)O)C1. The summed E-state index contributed by atoms with van der Waals surface area (Å²) in [6, 6.07) is -0.296. The molecule has 3 nitrogen and oxygen atoms in total. The van der Waals surface area contributed by atoms with Gasteiger partial charge in [-0.1, -0.05) is 26.2 Å². The number of carbonyl (C=O) groups is 1. The van der Waals surface area contributed by atoms with Gasteiger partial charge in [0.2, 0.25) is 0 Å². The van der Waals surface area contributed by atoms with Crippen molar-refractivity contribution < 1.29 is 9.90 Å². The van der Waals surface area contributed by atoms with Crippen molar-refractivity contribution in [1.82, 2.24) is 5.32 Å². The lowest BCUT2D eigenvalue weighted by molar-refractivity contribution is -0.140. The van der Waals surface area contributed by atoms with Crippen LogP contribution in [0.25, 0.3) is 0 Å². The van der Waals surface area contributed by atoms with Crippen molar-refractivity contribution in [2.45, 2.75) is 45.1 Å². The predicted octanol–water partition coefficient (Wildman–Crippen LogP) is 1.63. The van der Waals surface area contributed by atoms with E-state index in [-0.39, 0.29) is 6.04 Å². The standard InChI is InChI=1S/C10H19NO2/c1-2-3-4-8-5-6-11-9(7-8)10(12)13/h8-9,11H,2-7H2,1H3,(H,12,13). The fourth-order valence-corrected chi connectivity index (χ4v) is 1.94. The highest BCUT2D eigenvalue weighted by molar-refractivity contribution is 5.73. The van der Waals surface area contributed by atoms with Gasteiger partial charge in [-0.05, 0) is 25.3 Å². The van der Waals surface area contributed by atoms with Crippen LogP contribution in [0.1, 0.15) is 39.0 Å². The summed E-state index contributed by atoms with van der Waals surface area (Å²) in [6.07, 6.45) is 5.60. The Labute approximate surface area is 79.5 Å². The van der Waals surface area contributed by atoms with Crippen molar-refractivity contribution in [2.24, 2.45) is 5.92 Å². The van der Waals surface area contributed by atoms with E-state index < -0.39 is 5.97 Å².